The van der Waals surface area contributed by atoms with Crippen LogP contribution in [0.2, 0.25) is 0 Å². The smallest absolute Gasteiger partial charge is 0.251 e. The van der Waals surface area contributed by atoms with Crippen LogP contribution in [-0.4, -0.2) is 51.7 Å². The molecule has 1 aromatic carbocycles. The highest BCUT2D eigenvalue weighted by molar-refractivity contribution is 5.98. The normalized spacial score (nSPS) is 20.1. The third kappa shape index (κ3) is 3.06. The first kappa shape index (κ1) is 15.6. The van der Waals surface area contributed by atoms with E-state index in [0.29, 0.717) is 24.6 Å². The Morgan fingerprint density at radius 2 is 2.12 bits per heavy atom. The fourth-order valence-corrected chi connectivity index (χ4v) is 3.28. The van der Waals surface area contributed by atoms with Crippen LogP contribution in [0.15, 0.2) is 48.9 Å². The number of aromatic amines is 1. The topological polar surface area (TPSA) is 94.1 Å². The average molecular weight is 337 g/mol. The largest absolute Gasteiger partial charge is 0.396 e. The third-order valence-corrected chi connectivity index (χ3v) is 4.64. The first-order valence-electron chi connectivity index (χ1n) is 8.25. The Hall–Kier alpha value is -2.93. The van der Waals surface area contributed by atoms with E-state index in [-0.39, 0.29) is 24.5 Å². The molecule has 2 aromatic heterocycles. The Labute approximate surface area is 144 Å². The second kappa shape index (κ2) is 6.52. The van der Waals surface area contributed by atoms with Gasteiger partial charge < -0.3 is 20.3 Å². The molecule has 0 bridgehead atoms. The second-order valence-electron chi connectivity index (χ2n) is 6.26. The van der Waals surface area contributed by atoms with E-state index in [2.05, 4.69) is 20.3 Å². The highest BCUT2D eigenvalue weighted by Gasteiger charge is 2.34. The SMILES string of the molecule is O=C(N[C@@H]1CN(c2ncccn2)C[C@H]1CO)c1ccc2[nH]ccc2c1. The van der Waals surface area contributed by atoms with E-state index in [0.717, 1.165) is 10.9 Å². The van der Waals surface area contributed by atoms with E-state index in [1.807, 2.05) is 29.3 Å². The second-order valence-corrected chi connectivity index (χ2v) is 6.26. The molecule has 0 radical (unpaired) electrons. The molecule has 0 unspecified atom stereocenters. The van der Waals surface area contributed by atoms with Gasteiger partial charge in [0.1, 0.15) is 0 Å². The lowest BCUT2D eigenvalue weighted by Gasteiger charge is -2.18. The number of anilines is 1. The van der Waals surface area contributed by atoms with E-state index < -0.39 is 0 Å². The Bertz CT molecular complexity index is 879. The van der Waals surface area contributed by atoms with Crippen molar-refractivity contribution in [1.82, 2.24) is 20.3 Å². The zero-order valence-corrected chi connectivity index (χ0v) is 13.6. The van der Waals surface area contributed by atoms with Gasteiger partial charge in [0.2, 0.25) is 5.95 Å². The molecular weight excluding hydrogens is 318 g/mol. The molecule has 0 aliphatic carbocycles. The van der Waals surface area contributed by atoms with Gasteiger partial charge in [0.25, 0.3) is 5.91 Å². The van der Waals surface area contributed by atoms with E-state index in [9.17, 15) is 9.90 Å². The van der Waals surface area contributed by atoms with Gasteiger partial charge in [-0.3, -0.25) is 4.79 Å². The van der Waals surface area contributed by atoms with Crippen molar-refractivity contribution in [3.8, 4) is 0 Å². The minimum Gasteiger partial charge on any atom is -0.396 e. The van der Waals surface area contributed by atoms with E-state index in [1.165, 1.54) is 0 Å². The summed E-state index contributed by atoms with van der Waals surface area (Å²) in [4.78, 5) is 26.2. The number of fused-ring (bicyclic) bond motifs is 1. The number of amides is 1. The standard InChI is InChI=1S/C18H19N5O2/c24-11-14-9-23(18-20-5-1-6-21-18)10-16(14)22-17(25)13-2-3-15-12(8-13)4-7-19-15/h1-8,14,16,19,24H,9-11H2,(H,22,25)/t14-,16+/m0/s1. The Balaban J connectivity index is 1.49. The summed E-state index contributed by atoms with van der Waals surface area (Å²) < 4.78 is 0. The molecule has 1 aliphatic heterocycles. The number of nitrogens with zero attached hydrogens (tertiary/aromatic N) is 3. The summed E-state index contributed by atoms with van der Waals surface area (Å²) in [7, 11) is 0. The number of benzene rings is 1. The molecule has 25 heavy (non-hydrogen) atoms. The molecule has 7 nitrogen and oxygen atoms in total. The maximum Gasteiger partial charge on any atom is 0.251 e. The maximum atomic E-state index is 12.6. The van der Waals surface area contributed by atoms with Crippen molar-refractivity contribution in [3.05, 3.63) is 54.5 Å². The van der Waals surface area contributed by atoms with Gasteiger partial charge in [-0.2, -0.15) is 0 Å². The van der Waals surface area contributed by atoms with Crippen LogP contribution in [0.1, 0.15) is 10.4 Å². The van der Waals surface area contributed by atoms with E-state index in [1.54, 1.807) is 24.5 Å². The number of H-pyrrole nitrogens is 1. The summed E-state index contributed by atoms with van der Waals surface area (Å²) >= 11 is 0. The predicted octanol–water partition coefficient (Wildman–Crippen LogP) is 1.18. The van der Waals surface area contributed by atoms with Crippen molar-refractivity contribution in [2.24, 2.45) is 5.92 Å². The molecule has 128 valence electrons. The zero-order chi connectivity index (χ0) is 17.2. The van der Waals surface area contributed by atoms with Crippen LogP contribution in [0.5, 0.6) is 0 Å². The van der Waals surface area contributed by atoms with Crippen LogP contribution >= 0.6 is 0 Å². The number of hydrogen-bond donors (Lipinski definition) is 3. The molecule has 7 heteroatoms. The molecule has 0 spiro atoms. The van der Waals surface area contributed by atoms with Crippen LogP contribution in [0.4, 0.5) is 5.95 Å². The molecule has 1 fully saturated rings. The number of nitrogens with one attached hydrogen (secondary N) is 2. The molecule has 1 saturated heterocycles. The van der Waals surface area contributed by atoms with E-state index >= 15 is 0 Å². The van der Waals surface area contributed by atoms with Gasteiger partial charge in [0, 0.05) is 60.7 Å². The van der Waals surface area contributed by atoms with Gasteiger partial charge in [-0.05, 0) is 30.3 Å². The first-order chi connectivity index (χ1) is 12.2. The number of carbonyl (C=O) groups is 1. The third-order valence-electron chi connectivity index (χ3n) is 4.64. The predicted molar refractivity (Wildman–Crippen MR) is 94.4 cm³/mol. The lowest BCUT2D eigenvalue weighted by Crippen LogP contribution is -2.41. The van der Waals surface area contributed by atoms with Gasteiger partial charge in [0.05, 0.1) is 6.04 Å². The minimum absolute atomic E-state index is 0.00509. The van der Waals surface area contributed by atoms with Crippen molar-refractivity contribution in [1.29, 1.82) is 0 Å². The Morgan fingerprint density at radius 3 is 2.92 bits per heavy atom. The van der Waals surface area contributed by atoms with Crippen LogP contribution in [0.3, 0.4) is 0 Å². The summed E-state index contributed by atoms with van der Waals surface area (Å²) in [5.74, 6) is 0.428. The summed E-state index contributed by atoms with van der Waals surface area (Å²) in [5.41, 5.74) is 1.61. The van der Waals surface area contributed by atoms with Crippen LogP contribution < -0.4 is 10.2 Å². The Kier molecular flexibility index (Phi) is 4.07. The molecule has 1 aliphatic rings. The highest BCUT2D eigenvalue weighted by Crippen LogP contribution is 2.21. The number of rotatable bonds is 4. The van der Waals surface area contributed by atoms with Crippen molar-refractivity contribution in [3.63, 3.8) is 0 Å². The zero-order valence-electron chi connectivity index (χ0n) is 13.6. The molecule has 3 N–H and O–H groups in total. The van der Waals surface area contributed by atoms with Crippen LogP contribution in [0, 0.1) is 5.92 Å². The monoisotopic (exact) mass is 337 g/mol. The lowest BCUT2D eigenvalue weighted by atomic mass is 10.0. The van der Waals surface area contributed by atoms with Gasteiger partial charge in [-0.15, -0.1) is 0 Å². The van der Waals surface area contributed by atoms with Crippen molar-refractivity contribution in [2.45, 2.75) is 6.04 Å². The van der Waals surface area contributed by atoms with Crippen LogP contribution in [-0.2, 0) is 0 Å². The van der Waals surface area contributed by atoms with Gasteiger partial charge in [-0.25, -0.2) is 9.97 Å². The molecule has 4 rings (SSSR count). The maximum absolute atomic E-state index is 12.6. The Morgan fingerprint density at radius 1 is 1.28 bits per heavy atom. The molecule has 3 heterocycles. The summed E-state index contributed by atoms with van der Waals surface area (Å²) in [5, 5.41) is 13.7. The summed E-state index contributed by atoms with van der Waals surface area (Å²) in [6.07, 6.45) is 5.23. The number of carbonyl (C=O) groups excluding carboxylic acids is 1. The molecule has 2 atom stereocenters. The number of hydrogen-bond acceptors (Lipinski definition) is 5. The minimum atomic E-state index is -0.150. The van der Waals surface area contributed by atoms with Crippen LogP contribution in [0.25, 0.3) is 10.9 Å². The number of aliphatic hydroxyl groups excluding tert-OH is 1. The molecule has 3 aromatic rings. The highest BCUT2D eigenvalue weighted by atomic mass is 16.3. The van der Waals surface area contributed by atoms with Gasteiger partial charge in [0.15, 0.2) is 0 Å². The van der Waals surface area contributed by atoms with Gasteiger partial charge >= 0.3 is 0 Å². The van der Waals surface area contributed by atoms with E-state index in [4.69, 9.17) is 0 Å². The average Bonchev–Trinajstić information content (AvgIpc) is 3.28. The first-order valence-corrected chi connectivity index (χ1v) is 8.25. The number of aliphatic hydroxyl groups is 1. The van der Waals surface area contributed by atoms with Gasteiger partial charge in [-0.1, -0.05) is 0 Å². The summed E-state index contributed by atoms with van der Waals surface area (Å²) in [6.45, 7) is 1.20. The molecular formula is C18H19N5O2. The fraction of sp³-hybridized carbons (Fsp3) is 0.278. The molecule has 0 saturated carbocycles. The van der Waals surface area contributed by atoms with Crippen molar-refractivity contribution in [2.75, 3.05) is 24.6 Å². The van der Waals surface area contributed by atoms with Crippen molar-refractivity contribution >= 4 is 22.8 Å². The molecule has 1 amide bonds. The fourth-order valence-electron chi connectivity index (χ4n) is 3.28. The quantitative estimate of drug-likeness (QED) is 0.665. The lowest BCUT2D eigenvalue weighted by molar-refractivity contribution is 0.0922. The van der Waals surface area contributed by atoms with Crippen molar-refractivity contribution < 1.29 is 9.90 Å². The summed E-state index contributed by atoms with van der Waals surface area (Å²) in [6, 6.07) is 9.11. The number of aromatic nitrogens is 3.